The molecule has 0 aliphatic rings. The van der Waals surface area contributed by atoms with Crippen molar-refractivity contribution in [2.24, 2.45) is 0 Å². The van der Waals surface area contributed by atoms with E-state index in [9.17, 15) is 30.7 Å². The van der Waals surface area contributed by atoms with Crippen molar-refractivity contribution in [1.29, 1.82) is 0 Å². The number of benzene rings is 1. The first-order valence-electron chi connectivity index (χ1n) is 4.90. The van der Waals surface area contributed by atoms with Crippen molar-refractivity contribution in [2.75, 3.05) is 0 Å². The van der Waals surface area contributed by atoms with E-state index in [1.54, 1.807) is 0 Å². The van der Waals surface area contributed by atoms with Gasteiger partial charge in [-0.1, -0.05) is 13.8 Å². The van der Waals surface area contributed by atoms with E-state index in [2.05, 4.69) is 9.47 Å². The van der Waals surface area contributed by atoms with Gasteiger partial charge in [-0.25, -0.2) is 8.78 Å². The van der Waals surface area contributed by atoms with Gasteiger partial charge in [0.05, 0.1) is 0 Å². The minimum absolute atomic E-state index is 0.113. The van der Waals surface area contributed by atoms with Crippen LogP contribution in [0.5, 0.6) is 11.5 Å². The van der Waals surface area contributed by atoms with Crippen LogP contribution in [0.3, 0.4) is 0 Å². The summed E-state index contributed by atoms with van der Waals surface area (Å²) in [5.74, 6) is -9.11. The summed E-state index contributed by atoms with van der Waals surface area (Å²) < 4.78 is 92.4. The fraction of sp³-hybridized carbons (Fsp3) is 0.400. The second kappa shape index (κ2) is 7.70. The number of halogens is 7. The minimum atomic E-state index is -3.61. The number of hydrogen-bond acceptors (Lipinski definition) is 2. The van der Waals surface area contributed by atoms with E-state index in [-0.39, 0.29) is 6.07 Å². The zero-order valence-corrected chi connectivity index (χ0v) is 9.69. The zero-order valence-electron chi connectivity index (χ0n) is 9.69. The van der Waals surface area contributed by atoms with E-state index in [4.69, 9.17) is 0 Å². The molecule has 1 aromatic rings. The molecule has 0 spiro atoms. The lowest BCUT2D eigenvalue weighted by Gasteiger charge is -2.11. The molecule has 0 atom stereocenters. The zero-order chi connectivity index (χ0) is 15.2. The van der Waals surface area contributed by atoms with Gasteiger partial charge in [-0.05, 0) is 0 Å². The van der Waals surface area contributed by atoms with Crippen molar-refractivity contribution in [2.45, 2.75) is 27.1 Å². The van der Waals surface area contributed by atoms with Crippen LogP contribution in [0.2, 0.25) is 0 Å². The maximum atomic E-state index is 13.1. The highest BCUT2D eigenvalue weighted by Crippen LogP contribution is 2.34. The van der Waals surface area contributed by atoms with Crippen LogP contribution < -0.4 is 9.47 Å². The molecule has 0 unspecified atom stereocenters. The number of rotatable bonds is 4. The lowest BCUT2D eigenvalue weighted by Crippen LogP contribution is -2.10. The highest BCUT2D eigenvalue weighted by molar-refractivity contribution is 5.38. The Morgan fingerprint density at radius 3 is 1.37 bits per heavy atom. The van der Waals surface area contributed by atoms with Gasteiger partial charge in [0.25, 0.3) is 0 Å². The summed E-state index contributed by atoms with van der Waals surface area (Å²) in [6.07, 6.45) is 0. The Labute approximate surface area is 103 Å². The van der Waals surface area contributed by atoms with E-state index in [1.165, 1.54) is 0 Å². The smallest absolute Gasteiger partial charge is 0.387 e. The summed E-state index contributed by atoms with van der Waals surface area (Å²) in [6.45, 7) is -3.22. The predicted octanol–water partition coefficient (Wildman–Crippen LogP) is 4.33. The van der Waals surface area contributed by atoms with E-state index >= 15 is 0 Å². The topological polar surface area (TPSA) is 18.5 Å². The number of ether oxygens (including phenoxy) is 2. The monoisotopic (exact) mass is 294 g/mol. The van der Waals surface area contributed by atoms with Crippen LogP contribution in [0, 0.1) is 17.5 Å². The average Bonchev–Trinajstić information content (AvgIpc) is 2.32. The van der Waals surface area contributed by atoms with E-state index in [0.29, 0.717) is 0 Å². The summed E-state index contributed by atoms with van der Waals surface area (Å²) >= 11 is 0. The van der Waals surface area contributed by atoms with Gasteiger partial charge < -0.3 is 9.47 Å². The van der Waals surface area contributed by atoms with Gasteiger partial charge >= 0.3 is 13.2 Å². The molecule has 19 heavy (non-hydrogen) atoms. The first kappa shape index (κ1) is 17.3. The van der Waals surface area contributed by atoms with Gasteiger partial charge in [0.1, 0.15) is 0 Å². The van der Waals surface area contributed by atoms with Crippen LogP contribution >= 0.6 is 0 Å². The van der Waals surface area contributed by atoms with Gasteiger partial charge in [0.15, 0.2) is 11.6 Å². The third kappa shape index (κ3) is 4.84. The molecule has 0 saturated carbocycles. The molecule has 0 aliphatic heterocycles. The van der Waals surface area contributed by atoms with Crippen molar-refractivity contribution in [3.05, 3.63) is 23.5 Å². The highest BCUT2D eigenvalue weighted by atomic mass is 19.3. The van der Waals surface area contributed by atoms with Crippen molar-refractivity contribution in [3.63, 3.8) is 0 Å². The fourth-order valence-corrected chi connectivity index (χ4v) is 0.949. The Morgan fingerprint density at radius 2 is 1.11 bits per heavy atom. The van der Waals surface area contributed by atoms with E-state index in [0.717, 1.165) is 0 Å². The first-order chi connectivity index (χ1) is 8.82. The predicted molar refractivity (Wildman–Crippen MR) is 50.9 cm³/mol. The van der Waals surface area contributed by atoms with Crippen molar-refractivity contribution < 1.29 is 40.2 Å². The molecular formula is C10H9F7O2. The van der Waals surface area contributed by atoms with Gasteiger partial charge in [0, 0.05) is 6.07 Å². The van der Waals surface area contributed by atoms with E-state index in [1.807, 2.05) is 13.8 Å². The second-order valence-corrected chi connectivity index (χ2v) is 2.57. The van der Waals surface area contributed by atoms with E-state index < -0.39 is 42.2 Å². The summed E-state index contributed by atoms with van der Waals surface area (Å²) in [4.78, 5) is 0. The van der Waals surface area contributed by atoms with Crippen LogP contribution in [0.25, 0.3) is 0 Å². The quantitative estimate of drug-likeness (QED) is 0.769. The van der Waals surface area contributed by atoms with Crippen molar-refractivity contribution in [3.8, 4) is 11.5 Å². The van der Waals surface area contributed by atoms with Gasteiger partial charge in [0.2, 0.25) is 17.3 Å². The molecule has 0 saturated heterocycles. The molecule has 1 rings (SSSR count). The Hall–Kier alpha value is -1.67. The molecule has 1 aromatic carbocycles. The third-order valence-electron chi connectivity index (χ3n) is 1.50. The number of hydrogen-bond donors (Lipinski definition) is 0. The third-order valence-corrected chi connectivity index (χ3v) is 1.50. The molecular weight excluding hydrogens is 285 g/mol. The van der Waals surface area contributed by atoms with Crippen molar-refractivity contribution >= 4 is 0 Å². The first-order valence-corrected chi connectivity index (χ1v) is 4.90. The summed E-state index contributed by atoms with van der Waals surface area (Å²) in [5.41, 5.74) is 0. The standard InChI is InChI=1S/C8H3F7O2.C2H6/c9-2-1-3(10)6(17-8(14)15)4(11)5(2)16-7(12)13;1-2/h1,7-8H;1-2H3. The van der Waals surface area contributed by atoms with Crippen LogP contribution in [0.4, 0.5) is 30.7 Å². The largest absolute Gasteiger partial charge is 0.428 e. The molecule has 9 heteroatoms. The van der Waals surface area contributed by atoms with Crippen LogP contribution in [0.15, 0.2) is 6.07 Å². The molecule has 0 aliphatic carbocycles. The molecule has 0 fully saturated rings. The molecule has 2 nitrogen and oxygen atoms in total. The maximum absolute atomic E-state index is 13.1. The fourth-order valence-electron chi connectivity index (χ4n) is 0.949. The van der Waals surface area contributed by atoms with Crippen LogP contribution in [0.1, 0.15) is 13.8 Å². The Balaban J connectivity index is 0.00000154. The second-order valence-electron chi connectivity index (χ2n) is 2.57. The summed E-state index contributed by atoms with van der Waals surface area (Å²) in [7, 11) is 0. The lowest BCUT2D eigenvalue weighted by atomic mass is 10.3. The molecule has 0 radical (unpaired) electrons. The molecule has 0 N–H and O–H groups in total. The lowest BCUT2D eigenvalue weighted by molar-refractivity contribution is -0.0622. The van der Waals surface area contributed by atoms with Gasteiger partial charge in [-0.3, -0.25) is 0 Å². The SMILES string of the molecule is CC.Fc1cc(F)c(OC(F)F)c(F)c1OC(F)F. The highest BCUT2D eigenvalue weighted by Gasteiger charge is 2.25. The Morgan fingerprint density at radius 1 is 0.789 bits per heavy atom. The minimum Gasteiger partial charge on any atom is -0.428 e. The normalized spacial score (nSPS) is 10.3. The summed E-state index contributed by atoms with van der Waals surface area (Å²) in [5, 5.41) is 0. The Bertz CT molecular complexity index is 375. The average molecular weight is 294 g/mol. The Kier molecular flexibility index (Phi) is 7.02. The maximum Gasteiger partial charge on any atom is 0.387 e. The number of alkyl halides is 4. The van der Waals surface area contributed by atoms with Crippen molar-refractivity contribution in [1.82, 2.24) is 0 Å². The van der Waals surface area contributed by atoms with Gasteiger partial charge in [-0.2, -0.15) is 22.0 Å². The van der Waals surface area contributed by atoms with Gasteiger partial charge in [-0.15, -0.1) is 0 Å². The molecule has 110 valence electrons. The molecule has 0 amide bonds. The summed E-state index contributed by atoms with van der Waals surface area (Å²) in [6, 6.07) is -0.113. The van der Waals surface area contributed by atoms with Crippen LogP contribution in [-0.4, -0.2) is 13.2 Å². The molecule has 0 heterocycles. The van der Waals surface area contributed by atoms with Crippen LogP contribution in [-0.2, 0) is 0 Å². The molecule has 0 aromatic heterocycles. The molecule has 0 bridgehead atoms.